The van der Waals surface area contributed by atoms with Gasteiger partial charge in [-0.25, -0.2) is 0 Å². The molecule has 0 radical (unpaired) electrons. The van der Waals surface area contributed by atoms with E-state index in [1.165, 1.54) is 23.9 Å². The first kappa shape index (κ1) is 18.8. The summed E-state index contributed by atoms with van der Waals surface area (Å²) in [6.07, 6.45) is -4.46. The summed E-state index contributed by atoms with van der Waals surface area (Å²) in [4.78, 5) is 14.1. The summed E-state index contributed by atoms with van der Waals surface area (Å²) >= 11 is 1.46. The molecule has 0 aliphatic heterocycles. The van der Waals surface area contributed by atoms with E-state index in [-0.39, 0.29) is 11.4 Å². The Balaban J connectivity index is 1.68. The van der Waals surface area contributed by atoms with Crippen LogP contribution in [0.3, 0.4) is 0 Å². The van der Waals surface area contributed by atoms with Crippen LogP contribution in [0.5, 0.6) is 5.75 Å². The van der Waals surface area contributed by atoms with Gasteiger partial charge in [0.05, 0.1) is 5.56 Å². The number of nitrogens with one attached hydrogen (secondary N) is 1. The highest BCUT2D eigenvalue weighted by molar-refractivity contribution is 7.99. The van der Waals surface area contributed by atoms with Crippen LogP contribution in [0.1, 0.15) is 15.9 Å². The van der Waals surface area contributed by atoms with Gasteiger partial charge in [-0.05, 0) is 66.7 Å². The van der Waals surface area contributed by atoms with Crippen molar-refractivity contribution in [1.29, 1.82) is 0 Å². The monoisotopic (exact) mass is 389 g/mol. The number of halogens is 3. The Bertz CT molecular complexity index is 939. The molecule has 0 spiro atoms. The molecular formula is C20H14F3NO2S. The van der Waals surface area contributed by atoms with Crippen LogP contribution in [0.2, 0.25) is 0 Å². The maximum Gasteiger partial charge on any atom is 0.416 e. The van der Waals surface area contributed by atoms with Gasteiger partial charge < -0.3 is 10.4 Å². The molecule has 138 valence electrons. The first-order valence-corrected chi connectivity index (χ1v) is 8.68. The third-order valence-corrected chi connectivity index (χ3v) is 4.65. The molecule has 3 aromatic carbocycles. The molecule has 7 heteroatoms. The molecule has 3 aromatic rings. The summed E-state index contributed by atoms with van der Waals surface area (Å²) < 4.78 is 38.2. The molecule has 0 aliphatic carbocycles. The zero-order chi connectivity index (χ0) is 19.4. The van der Waals surface area contributed by atoms with E-state index in [4.69, 9.17) is 0 Å². The Hall–Kier alpha value is -2.93. The molecule has 0 saturated carbocycles. The minimum atomic E-state index is -4.46. The molecule has 0 unspecified atom stereocenters. The molecule has 2 N–H and O–H groups in total. The fourth-order valence-electron chi connectivity index (χ4n) is 2.30. The maximum atomic E-state index is 12.7. The van der Waals surface area contributed by atoms with Crippen LogP contribution in [0.25, 0.3) is 0 Å². The Kier molecular flexibility index (Phi) is 5.41. The fraction of sp³-hybridized carbons (Fsp3) is 0.0500. The molecule has 0 fully saturated rings. The fourth-order valence-corrected chi connectivity index (χ4v) is 3.12. The summed E-state index contributed by atoms with van der Waals surface area (Å²) in [5.41, 5.74) is -0.402. The lowest BCUT2D eigenvalue weighted by atomic mass is 10.1. The number of aromatic hydroxyl groups is 1. The number of benzene rings is 3. The standard InChI is InChI=1S/C20H14F3NO2S/c21-20(22,23)14-2-1-3-15(12-14)24-19(26)13-4-8-17(9-5-13)27-18-10-6-16(25)7-11-18/h1-12,25H,(H,24,26). The number of hydrogen-bond donors (Lipinski definition) is 2. The lowest BCUT2D eigenvalue weighted by Crippen LogP contribution is -2.13. The molecule has 27 heavy (non-hydrogen) atoms. The Morgan fingerprint density at radius 3 is 2.07 bits per heavy atom. The highest BCUT2D eigenvalue weighted by Gasteiger charge is 2.30. The Morgan fingerprint density at radius 1 is 0.889 bits per heavy atom. The quantitative estimate of drug-likeness (QED) is 0.592. The van der Waals surface area contributed by atoms with Gasteiger partial charge in [0, 0.05) is 21.0 Å². The number of carbonyl (C=O) groups excluding carboxylic acids is 1. The van der Waals surface area contributed by atoms with Crippen LogP contribution < -0.4 is 5.32 Å². The molecular weight excluding hydrogens is 375 g/mol. The first-order valence-electron chi connectivity index (χ1n) is 7.87. The van der Waals surface area contributed by atoms with Gasteiger partial charge in [-0.1, -0.05) is 17.8 Å². The summed E-state index contributed by atoms with van der Waals surface area (Å²) in [5.74, 6) is -0.309. The second kappa shape index (κ2) is 7.75. The number of phenolic OH excluding ortho intramolecular Hbond substituents is 1. The van der Waals surface area contributed by atoms with E-state index in [2.05, 4.69) is 5.32 Å². The van der Waals surface area contributed by atoms with Gasteiger partial charge in [0.15, 0.2) is 0 Å². The van der Waals surface area contributed by atoms with E-state index in [0.717, 1.165) is 21.9 Å². The Labute approximate surface area is 157 Å². The van der Waals surface area contributed by atoms with E-state index in [9.17, 15) is 23.1 Å². The van der Waals surface area contributed by atoms with E-state index < -0.39 is 17.6 Å². The topological polar surface area (TPSA) is 49.3 Å². The van der Waals surface area contributed by atoms with Crippen molar-refractivity contribution in [2.24, 2.45) is 0 Å². The molecule has 3 rings (SSSR count). The van der Waals surface area contributed by atoms with Crippen LogP contribution >= 0.6 is 11.8 Å². The number of anilines is 1. The van der Waals surface area contributed by atoms with Gasteiger partial charge in [0.1, 0.15) is 5.75 Å². The van der Waals surface area contributed by atoms with Crippen molar-refractivity contribution < 1.29 is 23.1 Å². The zero-order valence-electron chi connectivity index (χ0n) is 13.8. The lowest BCUT2D eigenvalue weighted by Gasteiger charge is -2.10. The lowest BCUT2D eigenvalue weighted by molar-refractivity contribution is -0.137. The van der Waals surface area contributed by atoms with Gasteiger partial charge in [0.2, 0.25) is 0 Å². The molecule has 0 aliphatic rings. The van der Waals surface area contributed by atoms with Gasteiger partial charge in [0.25, 0.3) is 5.91 Å². The smallest absolute Gasteiger partial charge is 0.416 e. The normalized spacial score (nSPS) is 11.2. The summed E-state index contributed by atoms with van der Waals surface area (Å²) in [6, 6.07) is 17.9. The second-order valence-corrected chi connectivity index (χ2v) is 6.80. The number of alkyl halides is 3. The van der Waals surface area contributed by atoms with Crippen molar-refractivity contribution in [1.82, 2.24) is 0 Å². The third-order valence-electron chi connectivity index (χ3n) is 3.64. The SMILES string of the molecule is O=C(Nc1cccc(C(F)(F)F)c1)c1ccc(Sc2ccc(O)cc2)cc1. The van der Waals surface area contributed by atoms with Crippen LogP contribution in [-0.2, 0) is 6.18 Å². The molecule has 3 nitrogen and oxygen atoms in total. The first-order chi connectivity index (χ1) is 12.8. The van der Waals surface area contributed by atoms with Gasteiger partial charge in [-0.2, -0.15) is 13.2 Å². The van der Waals surface area contributed by atoms with Crippen molar-refractivity contribution in [3.05, 3.63) is 83.9 Å². The summed E-state index contributed by atoms with van der Waals surface area (Å²) in [6.45, 7) is 0. The van der Waals surface area contributed by atoms with Crippen LogP contribution in [-0.4, -0.2) is 11.0 Å². The molecule has 0 atom stereocenters. The second-order valence-electron chi connectivity index (χ2n) is 5.65. The molecule has 0 heterocycles. The molecule has 0 aromatic heterocycles. The largest absolute Gasteiger partial charge is 0.508 e. The van der Waals surface area contributed by atoms with E-state index in [1.54, 1.807) is 48.5 Å². The van der Waals surface area contributed by atoms with Crippen molar-refractivity contribution >= 4 is 23.4 Å². The van der Waals surface area contributed by atoms with Crippen LogP contribution in [0, 0.1) is 0 Å². The predicted octanol–water partition coefficient (Wildman–Crippen LogP) is 5.81. The zero-order valence-corrected chi connectivity index (χ0v) is 14.6. The van der Waals surface area contributed by atoms with E-state index in [0.29, 0.717) is 5.56 Å². The molecule has 0 saturated heterocycles. The Morgan fingerprint density at radius 2 is 1.48 bits per heavy atom. The van der Waals surface area contributed by atoms with Crippen molar-refractivity contribution in [3.8, 4) is 5.75 Å². The highest BCUT2D eigenvalue weighted by Crippen LogP contribution is 2.31. The third kappa shape index (κ3) is 5.04. The van der Waals surface area contributed by atoms with E-state index >= 15 is 0 Å². The number of rotatable bonds is 4. The van der Waals surface area contributed by atoms with Crippen molar-refractivity contribution in [2.45, 2.75) is 16.0 Å². The minimum absolute atomic E-state index is 0.0809. The van der Waals surface area contributed by atoms with Gasteiger partial charge in [-0.15, -0.1) is 0 Å². The van der Waals surface area contributed by atoms with E-state index in [1.807, 2.05) is 0 Å². The summed E-state index contributed by atoms with van der Waals surface area (Å²) in [7, 11) is 0. The van der Waals surface area contributed by atoms with Crippen LogP contribution in [0.15, 0.2) is 82.6 Å². The number of phenols is 1. The predicted molar refractivity (Wildman–Crippen MR) is 98.1 cm³/mol. The highest BCUT2D eigenvalue weighted by atomic mass is 32.2. The maximum absolute atomic E-state index is 12.7. The number of carbonyl (C=O) groups is 1. The molecule has 1 amide bonds. The van der Waals surface area contributed by atoms with Gasteiger partial charge in [-0.3, -0.25) is 4.79 Å². The average molecular weight is 389 g/mol. The molecule has 0 bridgehead atoms. The number of hydrogen-bond acceptors (Lipinski definition) is 3. The van der Waals surface area contributed by atoms with Crippen molar-refractivity contribution in [3.63, 3.8) is 0 Å². The summed E-state index contributed by atoms with van der Waals surface area (Å²) in [5, 5.41) is 11.8. The van der Waals surface area contributed by atoms with Crippen LogP contribution in [0.4, 0.5) is 18.9 Å². The van der Waals surface area contributed by atoms with Crippen molar-refractivity contribution in [2.75, 3.05) is 5.32 Å². The average Bonchev–Trinajstić information content (AvgIpc) is 2.64. The van der Waals surface area contributed by atoms with Gasteiger partial charge >= 0.3 is 6.18 Å². The minimum Gasteiger partial charge on any atom is -0.508 e. The number of amides is 1.